The van der Waals surface area contributed by atoms with Crippen molar-refractivity contribution in [3.63, 3.8) is 0 Å². The summed E-state index contributed by atoms with van der Waals surface area (Å²) in [5.74, 6) is 0.0775. The van der Waals surface area contributed by atoms with Gasteiger partial charge in [0.1, 0.15) is 12.4 Å². The lowest BCUT2D eigenvalue weighted by Crippen LogP contribution is -2.02. The summed E-state index contributed by atoms with van der Waals surface area (Å²) >= 11 is 0. The second-order valence-electron chi connectivity index (χ2n) is 3.29. The van der Waals surface area contributed by atoms with Crippen LogP contribution in [0.4, 0.5) is 4.39 Å². The first-order chi connectivity index (χ1) is 8.21. The molecule has 0 saturated heterocycles. The minimum absolute atomic E-state index is 0.271. The van der Waals surface area contributed by atoms with Gasteiger partial charge in [-0.15, -0.1) is 0 Å². The van der Waals surface area contributed by atoms with Crippen LogP contribution in [0.25, 0.3) is 5.57 Å². The van der Waals surface area contributed by atoms with Crippen LogP contribution in [0.15, 0.2) is 30.3 Å². The smallest absolute Gasteiger partial charge is 0.331 e. The SMILES string of the molecule is CCOC(=O)/C=C(/CF)c1cccc(OC)c1. The lowest BCUT2D eigenvalue weighted by Gasteiger charge is -2.06. The van der Waals surface area contributed by atoms with Crippen molar-refractivity contribution in [2.75, 3.05) is 20.4 Å². The van der Waals surface area contributed by atoms with Crippen LogP contribution in [0.2, 0.25) is 0 Å². The maximum atomic E-state index is 12.9. The quantitative estimate of drug-likeness (QED) is 0.584. The maximum Gasteiger partial charge on any atom is 0.331 e. The standard InChI is InChI=1S/C13H15FO3/c1-3-17-13(15)8-11(9-14)10-5-4-6-12(7-10)16-2/h4-8H,3,9H2,1-2H3/b11-8-. The Morgan fingerprint density at radius 3 is 2.82 bits per heavy atom. The van der Waals surface area contributed by atoms with Gasteiger partial charge >= 0.3 is 5.97 Å². The molecule has 3 nitrogen and oxygen atoms in total. The molecule has 0 atom stereocenters. The molecule has 4 heteroatoms. The van der Waals surface area contributed by atoms with E-state index in [1.165, 1.54) is 7.11 Å². The Hall–Kier alpha value is -1.84. The highest BCUT2D eigenvalue weighted by Gasteiger charge is 2.06. The van der Waals surface area contributed by atoms with Crippen LogP contribution in [0.3, 0.4) is 0 Å². The summed E-state index contributed by atoms with van der Waals surface area (Å²) in [5.41, 5.74) is 0.891. The Morgan fingerprint density at radius 1 is 1.47 bits per heavy atom. The summed E-state index contributed by atoms with van der Waals surface area (Å²) < 4.78 is 22.6. The summed E-state index contributed by atoms with van der Waals surface area (Å²) in [5, 5.41) is 0. The molecule has 0 aromatic heterocycles. The van der Waals surface area contributed by atoms with E-state index in [-0.39, 0.29) is 12.2 Å². The van der Waals surface area contributed by atoms with Gasteiger partial charge in [0.2, 0.25) is 0 Å². The maximum absolute atomic E-state index is 12.9. The molecule has 0 saturated carbocycles. The van der Waals surface area contributed by atoms with Crippen molar-refractivity contribution in [2.45, 2.75) is 6.92 Å². The molecule has 0 spiro atoms. The first-order valence-electron chi connectivity index (χ1n) is 5.29. The van der Waals surface area contributed by atoms with Crippen molar-refractivity contribution in [1.29, 1.82) is 0 Å². The van der Waals surface area contributed by atoms with E-state index in [2.05, 4.69) is 0 Å². The monoisotopic (exact) mass is 238 g/mol. The summed E-state index contributed by atoms with van der Waals surface area (Å²) in [6, 6.07) is 6.88. The van der Waals surface area contributed by atoms with Gasteiger partial charge in [-0.05, 0) is 30.2 Å². The van der Waals surface area contributed by atoms with Gasteiger partial charge < -0.3 is 9.47 Å². The van der Waals surface area contributed by atoms with E-state index in [1.54, 1.807) is 31.2 Å². The zero-order valence-electron chi connectivity index (χ0n) is 9.90. The van der Waals surface area contributed by atoms with Gasteiger partial charge in [-0.3, -0.25) is 0 Å². The van der Waals surface area contributed by atoms with Crippen molar-refractivity contribution < 1.29 is 18.7 Å². The normalized spacial score (nSPS) is 11.1. The van der Waals surface area contributed by atoms with E-state index in [0.29, 0.717) is 11.3 Å². The minimum atomic E-state index is -0.730. The van der Waals surface area contributed by atoms with Crippen LogP contribution in [-0.2, 0) is 9.53 Å². The predicted octanol–water partition coefficient (Wildman–Crippen LogP) is 2.61. The molecule has 92 valence electrons. The van der Waals surface area contributed by atoms with Crippen molar-refractivity contribution in [2.24, 2.45) is 0 Å². The molecule has 1 rings (SSSR count). The molecule has 0 N–H and O–H groups in total. The third-order valence-electron chi connectivity index (χ3n) is 2.16. The molecule has 17 heavy (non-hydrogen) atoms. The Kier molecular flexibility index (Phi) is 5.20. The van der Waals surface area contributed by atoms with Gasteiger partial charge in [0.05, 0.1) is 13.7 Å². The largest absolute Gasteiger partial charge is 0.497 e. The van der Waals surface area contributed by atoms with Crippen LogP contribution in [-0.4, -0.2) is 26.4 Å². The number of alkyl halides is 1. The molecule has 0 amide bonds. The average molecular weight is 238 g/mol. The molecule has 1 aromatic rings. The number of halogens is 1. The zero-order valence-corrected chi connectivity index (χ0v) is 9.90. The number of carbonyl (C=O) groups is 1. The zero-order chi connectivity index (χ0) is 12.7. The Balaban J connectivity index is 2.96. The van der Waals surface area contributed by atoms with Crippen LogP contribution in [0.1, 0.15) is 12.5 Å². The van der Waals surface area contributed by atoms with Crippen LogP contribution in [0.5, 0.6) is 5.75 Å². The van der Waals surface area contributed by atoms with Crippen molar-refractivity contribution in [3.05, 3.63) is 35.9 Å². The van der Waals surface area contributed by atoms with Crippen molar-refractivity contribution >= 4 is 11.5 Å². The minimum Gasteiger partial charge on any atom is -0.497 e. The molecule has 1 aromatic carbocycles. The highest BCUT2D eigenvalue weighted by atomic mass is 19.1. The third-order valence-corrected chi connectivity index (χ3v) is 2.16. The van der Waals surface area contributed by atoms with Crippen molar-refractivity contribution in [1.82, 2.24) is 0 Å². The van der Waals surface area contributed by atoms with Gasteiger partial charge in [-0.1, -0.05) is 12.1 Å². The van der Waals surface area contributed by atoms with Crippen LogP contribution < -0.4 is 4.74 Å². The molecule has 0 bridgehead atoms. The lowest BCUT2D eigenvalue weighted by molar-refractivity contribution is -0.137. The number of allylic oxidation sites excluding steroid dienone is 1. The number of methoxy groups -OCH3 is 1. The Bertz CT molecular complexity index is 413. The Labute approximate surface area is 99.9 Å². The molecule has 0 radical (unpaired) electrons. The first-order valence-corrected chi connectivity index (χ1v) is 5.29. The second-order valence-corrected chi connectivity index (χ2v) is 3.29. The van der Waals surface area contributed by atoms with E-state index in [1.807, 2.05) is 0 Å². The summed E-state index contributed by atoms with van der Waals surface area (Å²) in [4.78, 5) is 11.2. The van der Waals surface area contributed by atoms with E-state index < -0.39 is 12.6 Å². The molecule has 0 unspecified atom stereocenters. The summed E-state index contributed by atoms with van der Waals surface area (Å²) in [6.07, 6.45) is 1.16. The summed E-state index contributed by atoms with van der Waals surface area (Å²) in [7, 11) is 1.53. The molecular weight excluding hydrogens is 223 g/mol. The fraction of sp³-hybridized carbons (Fsp3) is 0.308. The average Bonchev–Trinajstić information content (AvgIpc) is 2.36. The number of ether oxygens (including phenoxy) is 2. The predicted molar refractivity (Wildman–Crippen MR) is 63.6 cm³/mol. The second kappa shape index (κ2) is 6.68. The van der Waals surface area contributed by atoms with E-state index in [4.69, 9.17) is 9.47 Å². The fourth-order valence-corrected chi connectivity index (χ4v) is 1.35. The van der Waals surface area contributed by atoms with E-state index >= 15 is 0 Å². The molecular formula is C13H15FO3. The number of hydrogen-bond acceptors (Lipinski definition) is 3. The number of benzene rings is 1. The fourth-order valence-electron chi connectivity index (χ4n) is 1.35. The van der Waals surface area contributed by atoms with E-state index in [9.17, 15) is 9.18 Å². The van der Waals surface area contributed by atoms with Gasteiger partial charge in [-0.2, -0.15) is 0 Å². The lowest BCUT2D eigenvalue weighted by atomic mass is 10.1. The number of rotatable bonds is 5. The highest BCUT2D eigenvalue weighted by Crippen LogP contribution is 2.20. The third kappa shape index (κ3) is 3.90. The van der Waals surface area contributed by atoms with E-state index in [0.717, 1.165) is 6.08 Å². The molecule has 0 heterocycles. The van der Waals surface area contributed by atoms with Gasteiger partial charge in [0, 0.05) is 6.08 Å². The first kappa shape index (κ1) is 13.2. The van der Waals surface area contributed by atoms with Crippen LogP contribution >= 0.6 is 0 Å². The summed E-state index contributed by atoms with van der Waals surface area (Å²) in [6.45, 7) is 1.24. The molecule has 0 aliphatic carbocycles. The molecule has 0 aliphatic rings. The number of esters is 1. The number of carbonyl (C=O) groups excluding carboxylic acids is 1. The van der Waals surface area contributed by atoms with Crippen molar-refractivity contribution in [3.8, 4) is 5.75 Å². The van der Waals surface area contributed by atoms with Gasteiger partial charge in [0.25, 0.3) is 0 Å². The number of hydrogen-bond donors (Lipinski definition) is 0. The van der Waals surface area contributed by atoms with Gasteiger partial charge in [-0.25, -0.2) is 9.18 Å². The highest BCUT2D eigenvalue weighted by molar-refractivity contribution is 5.91. The topological polar surface area (TPSA) is 35.5 Å². The molecule has 0 fully saturated rings. The van der Waals surface area contributed by atoms with Gasteiger partial charge in [0.15, 0.2) is 0 Å². The molecule has 0 aliphatic heterocycles. The Morgan fingerprint density at radius 2 is 2.24 bits per heavy atom. The van der Waals surface area contributed by atoms with Crippen LogP contribution in [0, 0.1) is 0 Å².